The Hall–Kier alpha value is -2.64. The van der Waals surface area contributed by atoms with Gasteiger partial charge in [0.05, 0.1) is 6.33 Å². The summed E-state index contributed by atoms with van der Waals surface area (Å²) in [5.41, 5.74) is 1.45. The second kappa shape index (κ2) is 5.16. The monoisotopic (exact) mass is 272 g/mol. The molecule has 0 saturated carbocycles. The number of imidazole rings is 2. The van der Waals surface area contributed by atoms with Crippen LogP contribution < -0.4 is 10.6 Å². The van der Waals surface area contributed by atoms with E-state index in [1.54, 1.807) is 19.6 Å². The van der Waals surface area contributed by atoms with Crippen molar-refractivity contribution in [1.82, 2.24) is 29.5 Å². The number of anilines is 2. The quantitative estimate of drug-likeness (QED) is 0.635. The zero-order chi connectivity index (χ0) is 13.9. The molecule has 0 unspecified atom stereocenters. The van der Waals surface area contributed by atoms with Crippen LogP contribution in [0.1, 0.15) is 5.82 Å². The van der Waals surface area contributed by atoms with Gasteiger partial charge in [0.25, 0.3) is 0 Å². The summed E-state index contributed by atoms with van der Waals surface area (Å²) in [5, 5.41) is 6.23. The SMILES string of the molecule is CNc1nc(NCCc2nccn2C)c2[nH]cnc2n1. The van der Waals surface area contributed by atoms with Gasteiger partial charge in [-0.1, -0.05) is 0 Å². The first-order valence-corrected chi connectivity index (χ1v) is 6.37. The molecule has 20 heavy (non-hydrogen) atoms. The molecule has 0 spiro atoms. The van der Waals surface area contributed by atoms with Crippen molar-refractivity contribution in [2.45, 2.75) is 6.42 Å². The first-order valence-electron chi connectivity index (χ1n) is 6.37. The highest BCUT2D eigenvalue weighted by Gasteiger charge is 2.09. The molecular weight excluding hydrogens is 256 g/mol. The van der Waals surface area contributed by atoms with Crippen molar-refractivity contribution in [2.75, 3.05) is 24.2 Å². The van der Waals surface area contributed by atoms with Gasteiger partial charge in [0.2, 0.25) is 5.95 Å². The minimum Gasteiger partial charge on any atom is -0.368 e. The van der Waals surface area contributed by atoms with E-state index in [-0.39, 0.29) is 0 Å². The number of aryl methyl sites for hydroxylation is 1. The Morgan fingerprint density at radius 3 is 2.95 bits per heavy atom. The van der Waals surface area contributed by atoms with Crippen LogP contribution >= 0.6 is 0 Å². The number of hydrogen-bond acceptors (Lipinski definition) is 6. The van der Waals surface area contributed by atoms with Crippen molar-refractivity contribution in [1.29, 1.82) is 0 Å². The van der Waals surface area contributed by atoms with Gasteiger partial charge in [0.1, 0.15) is 11.3 Å². The Balaban J connectivity index is 1.76. The molecule has 0 bridgehead atoms. The predicted molar refractivity (Wildman–Crippen MR) is 76.6 cm³/mol. The molecule has 0 amide bonds. The summed E-state index contributed by atoms with van der Waals surface area (Å²) in [4.78, 5) is 20.2. The highest BCUT2D eigenvalue weighted by Crippen LogP contribution is 2.18. The van der Waals surface area contributed by atoms with E-state index in [0.717, 1.165) is 30.1 Å². The number of aromatic amines is 1. The third kappa shape index (κ3) is 2.27. The largest absolute Gasteiger partial charge is 0.368 e. The van der Waals surface area contributed by atoms with Crippen LogP contribution in [0.4, 0.5) is 11.8 Å². The molecule has 0 aromatic carbocycles. The number of nitrogens with zero attached hydrogens (tertiary/aromatic N) is 5. The summed E-state index contributed by atoms with van der Waals surface area (Å²) in [6.45, 7) is 0.735. The van der Waals surface area contributed by atoms with Crippen LogP contribution in [-0.2, 0) is 13.5 Å². The third-order valence-electron chi connectivity index (χ3n) is 3.07. The van der Waals surface area contributed by atoms with Gasteiger partial charge in [-0.25, -0.2) is 9.97 Å². The van der Waals surface area contributed by atoms with Crippen LogP contribution in [0.5, 0.6) is 0 Å². The van der Waals surface area contributed by atoms with Crippen LogP contribution in [0.3, 0.4) is 0 Å². The summed E-state index contributed by atoms with van der Waals surface area (Å²) in [6, 6.07) is 0. The minimum atomic E-state index is 0.545. The Morgan fingerprint density at radius 1 is 1.30 bits per heavy atom. The normalized spacial score (nSPS) is 10.9. The molecule has 3 rings (SSSR count). The first-order chi connectivity index (χ1) is 9.78. The molecule has 0 atom stereocenters. The molecule has 104 valence electrons. The molecule has 8 heteroatoms. The van der Waals surface area contributed by atoms with Gasteiger partial charge in [-0.2, -0.15) is 9.97 Å². The molecule has 0 aliphatic carbocycles. The Bertz CT molecular complexity index is 713. The van der Waals surface area contributed by atoms with Crippen molar-refractivity contribution in [3.8, 4) is 0 Å². The maximum Gasteiger partial charge on any atom is 0.226 e. The predicted octanol–water partition coefficient (Wildman–Crippen LogP) is 0.783. The van der Waals surface area contributed by atoms with Gasteiger partial charge in [-0.3, -0.25) is 0 Å². The fourth-order valence-corrected chi connectivity index (χ4v) is 2.00. The maximum atomic E-state index is 4.40. The summed E-state index contributed by atoms with van der Waals surface area (Å²) in [5.74, 6) is 2.32. The number of rotatable bonds is 5. The zero-order valence-corrected chi connectivity index (χ0v) is 11.4. The van der Waals surface area contributed by atoms with Crippen molar-refractivity contribution in [3.63, 3.8) is 0 Å². The lowest BCUT2D eigenvalue weighted by Crippen LogP contribution is -2.11. The number of hydrogen-bond donors (Lipinski definition) is 3. The van der Waals surface area contributed by atoms with Gasteiger partial charge in [0, 0.05) is 39.5 Å². The van der Waals surface area contributed by atoms with Crippen LogP contribution in [0.2, 0.25) is 0 Å². The van der Waals surface area contributed by atoms with Crippen molar-refractivity contribution < 1.29 is 0 Å². The van der Waals surface area contributed by atoms with E-state index < -0.39 is 0 Å². The average molecular weight is 272 g/mol. The van der Waals surface area contributed by atoms with Crippen molar-refractivity contribution >= 4 is 22.9 Å². The Kier molecular flexibility index (Phi) is 3.20. The number of nitrogens with one attached hydrogen (secondary N) is 3. The highest BCUT2D eigenvalue weighted by molar-refractivity contribution is 5.83. The molecule has 0 fully saturated rings. The molecule has 3 N–H and O–H groups in total. The lowest BCUT2D eigenvalue weighted by atomic mass is 10.4. The lowest BCUT2D eigenvalue weighted by molar-refractivity contribution is 0.789. The summed E-state index contributed by atoms with van der Waals surface area (Å²) < 4.78 is 2.01. The van der Waals surface area contributed by atoms with Crippen LogP contribution in [0, 0.1) is 0 Å². The Morgan fingerprint density at radius 2 is 2.20 bits per heavy atom. The minimum absolute atomic E-state index is 0.545. The van der Waals surface area contributed by atoms with Gasteiger partial charge in [-0.05, 0) is 0 Å². The molecule has 3 aromatic heterocycles. The third-order valence-corrected chi connectivity index (χ3v) is 3.07. The molecule has 0 radical (unpaired) electrons. The first kappa shape index (κ1) is 12.4. The smallest absolute Gasteiger partial charge is 0.226 e. The molecular formula is C12H16N8. The number of H-pyrrole nitrogens is 1. The van der Waals surface area contributed by atoms with Gasteiger partial charge in [0.15, 0.2) is 11.5 Å². The average Bonchev–Trinajstić information content (AvgIpc) is 3.07. The van der Waals surface area contributed by atoms with Gasteiger partial charge >= 0.3 is 0 Å². The lowest BCUT2D eigenvalue weighted by Gasteiger charge is -2.08. The summed E-state index contributed by atoms with van der Waals surface area (Å²) in [6.07, 6.45) is 6.17. The van der Waals surface area contributed by atoms with E-state index in [4.69, 9.17) is 0 Å². The summed E-state index contributed by atoms with van der Waals surface area (Å²) >= 11 is 0. The van der Waals surface area contributed by atoms with Gasteiger partial charge in [-0.15, -0.1) is 0 Å². The molecule has 0 aliphatic rings. The van der Waals surface area contributed by atoms with Crippen molar-refractivity contribution in [3.05, 3.63) is 24.5 Å². The second-order valence-electron chi connectivity index (χ2n) is 4.38. The standard InChI is InChI=1S/C12H16N8/c1-13-12-18-10(9-11(19-12)17-7-16-9)15-4-3-8-14-5-6-20(8)2/h5-7H,3-4H2,1-2H3,(H3,13,15,16,17,18,19). The molecule has 3 aromatic rings. The molecule has 3 heterocycles. The fourth-order valence-electron chi connectivity index (χ4n) is 2.00. The van der Waals surface area contributed by atoms with E-state index in [2.05, 4.69) is 35.6 Å². The topological polar surface area (TPSA) is 96.3 Å². The van der Waals surface area contributed by atoms with Crippen LogP contribution in [-0.4, -0.2) is 43.1 Å². The molecule has 0 aliphatic heterocycles. The van der Waals surface area contributed by atoms with Crippen molar-refractivity contribution in [2.24, 2.45) is 7.05 Å². The van der Waals surface area contributed by atoms with Crippen LogP contribution in [0.15, 0.2) is 18.7 Å². The number of fused-ring (bicyclic) bond motifs is 1. The fraction of sp³-hybridized carbons (Fsp3) is 0.333. The highest BCUT2D eigenvalue weighted by atomic mass is 15.2. The maximum absolute atomic E-state index is 4.40. The Labute approximate surface area is 115 Å². The molecule has 8 nitrogen and oxygen atoms in total. The number of aromatic nitrogens is 6. The van der Waals surface area contributed by atoms with E-state index in [1.165, 1.54) is 0 Å². The van der Waals surface area contributed by atoms with E-state index in [9.17, 15) is 0 Å². The van der Waals surface area contributed by atoms with E-state index in [0.29, 0.717) is 11.6 Å². The van der Waals surface area contributed by atoms with E-state index in [1.807, 2.05) is 17.8 Å². The summed E-state index contributed by atoms with van der Waals surface area (Å²) in [7, 11) is 3.77. The molecule has 0 saturated heterocycles. The van der Waals surface area contributed by atoms with Gasteiger partial charge < -0.3 is 20.2 Å². The zero-order valence-electron chi connectivity index (χ0n) is 11.4. The van der Waals surface area contributed by atoms with Crippen LogP contribution in [0.25, 0.3) is 11.2 Å². The van der Waals surface area contributed by atoms with E-state index >= 15 is 0 Å². The second-order valence-corrected chi connectivity index (χ2v) is 4.38.